The normalized spacial score (nSPS) is 10.8. The van der Waals surface area contributed by atoms with Crippen LogP contribution in [-0.2, 0) is 0 Å². The Labute approximate surface area is 113 Å². The van der Waals surface area contributed by atoms with E-state index >= 15 is 0 Å². The van der Waals surface area contributed by atoms with Crippen LogP contribution in [-0.4, -0.2) is 42.0 Å². The van der Waals surface area contributed by atoms with Crippen LogP contribution in [0.1, 0.15) is 37.4 Å². The molecule has 1 heterocycles. The molecule has 1 aromatic rings. The molecule has 102 valence electrons. The number of thiazole rings is 1. The molecule has 0 aliphatic carbocycles. The third-order valence-corrected chi connectivity index (χ3v) is 4.09. The van der Waals surface area contributed by atoms with Crippen LogP contribution in [0.2, 0.25) is 0 Å². The van der Waals surface area contributed by atoms with Gasteiger partial charge in [-0.25, -0.2) is 4.98 Å². The van der Waals surface area contributed by atoms with Crippen molar-refractivity contribution in [1.29, 1.82) is 0 Å². The van der Waals surface area contributed by atoms with Crippen molar-refractivity contribution < 1.29 is 4.79 Å². The molecule has 0 saturated carbocycles. The molecule has 18 heavy (non-hydrogen) atoms. The zero-order valence-electron chi connectivity index (χ0n) is 11.7. The molecule has 1 rings (SSSR count). The van der Waals surface area contributed by atoms with Gasteiger partial charge >= 0.3 is 0 Å². The van der Waals surface area contributed by atoms with Crippen LogP contribution in [0.3, 0.4) is 0 Å². The SMILES string of the molecule is CCN(CC)c1nc(N)c(C(=O)N(C)C(C)C)s1. The predicted molar refractivity (Wildman–Crippen MR) is 77.3 cm³/mol. The van der Waals surface area contributed by atoms with Gasteiger partial charge in [-0.3, -0.25) is 4.79 Å². The number of nitrogens with two attached hydrogens (primary N) is 1. The summed E-state index contributed by atoms with van der Waals surface area (Å²) in [6, 6.07) is 0.149. The van der Waals surface area contributed by atoms with Gasteiger partial charge in [-0.1, -0.05) is 11.3 Å². The molecule has 0 aromatic carbocycles. The molecule has 6 heteroatoms. The average molecular weight is 270 g/mol. The Hall–Kier alpha value is -1.30. The molecule has 0 atom stereocenters. The number of amides is 1. The van der Waals surface area contributed by atoms with Crippen LogP contribution in [0.25, 0.3) is 0 Å². The molecule has 0 bridgehead atoms. The molecule has 0 unspecified atom stereocenters. The number of carbonyl (C=O) groups excluding carboxylic acids is 1. The van der Waals surface area contributed by atoms with Crippen molar-refractivity contribution in [2.45, 2.75) is 33.7 Å². The molecule has 2 N–H and O–H groups in total. The predicted octanol–water partition coefficient (Wildman–Crippen LogP) is 2.05. The van der Waals surface area contributed by atoms with Crippen LogP contribution in [0, 0.1) is 0 Å². The molecule has 0 fully saturated rings. The molecule has 0 saturated heterocycles. The van der Waals surface area contributed by atoms with E-state index in [1.165, 1.54) is 11.3 Å². The lowest BCUT2D eigenvalue weighted by Crippen LogP contribution is -2.32. The van der Waals surface area contributed by atoms with Gasteiger partial charge in [-0.2, -0.15) is 0 Å². The standard InChI is InChI=1S/C12H22N4OS/c1-6-16(7-2)12-14-10(13)9(18-12)11(17)15(5)8(3)4/h8H,6-7,13H2,1-5H3. The number of hydrogen-bond donors (Lipinski definition) is 1. The monoisotopic (exact) mass is 270 g/mol. The molecule has 1 aromatic heterocycles. The molecular weight excluding hydrogens is 248 g/mol. The second kappa shape index (κ2) is 6.04. The maximum absolute atomic E-state index is 12.2. The van der Waals surface area contributed by atoms with E-state index in [9.17, 15) is 4.79 Å². The lowest BCUT2D eigenvalue weighted by molar-refractivity contribution is 0.0760. The average Bonchev–Trinajstić information content (AvgIpc) is 2.71. The lowest BCUT2D eigenvalue weighted by Gasteiger charge is -2.20. The summed E-state index contributed by atoms with van der Waals surface area (Å²) in [4.78, 5) is 20.8. The topological polar surface area (TPSA) is 62.5 Å². The van der Waals surface area contributed by atoms with Gasteiger partial charge in [0.05, 0.1) is 0 Å². The summed E-state index contributed by atoms with van der Waals surface area (Å²) in [7, 11) is 1.78. The van der Waals surface area contributed by atoms with Gasteiger partial charge in [0.1, 0.15) is 10.7 Å². The largest absolute Gasteiger partial charge is 0.382 e. The highest BCUT2D eigenvalue weighted by atomic mass is 32.1. The summed E-state index contributed by atoms with van der Waals surface area (Å²) in [5.74, 6) is 0.276. The van der Waals surface area contributed by atoms with E-state index in [0.29, 0.717) is 10.7 Å². The summed E-state index contributed by atoms with van der Waals surface area (Å²) >= 11 is 1.37. The van der Waals surface area contributed by atoms with E-state index in [1.54, 1.807) is 11.9 Å². The van der Waals surface area contributed by atoms with Crippen molar-refractivity contribution in [3.8, 4) is 0 Å². The summed E-state index contributed by atoms with van der Waals surface area (Å²) in [6.45, 7) is 9.78. The maximum Gasteiger partial charge on any atom is 0.267 e. The first kappa shape index (κ1) is 14.8. The number of aromatic nitrogens is 1. The van der Waals surface area contributed by atoms with Crippen molar-refractivity contribution in [3.05, 3.63) is 4.88 Å². The second-order valence-electron chi connectivity index (χ2n) is 4.39. The van der Waals surface area contributed by atoms with Crippen LogP contribution < -0.4 is 10.6 Å². The highest BCUT2D eigenvalue weighted by Gasteiger charge is 2.22. The molecule has 0 spiro atoms. The summed E-state index contributed by atoms with van der Waals surface area (Å²) < 4.78 is 0. The fourth-order valence-corrected chi connectivity index (χ4v) is 2.59. The third-order valence-electron chi connectivity index (χ3n) is 2.97. The fraction of sp³-hybridized carbons (Fsp3) is 0.667. The number of hydrogen-bond acceptors (Lipinski definition) is 5. The number of anilines is 2. The number of carbonyl (C=O) groups is 1. The van der Waals surface area contributed by atoms with E-state index < -0.39 is 0 Å². The number of rotatable bonds is 5. The Balaban J connectivity index is 3.01. The summed E-state index contributed by atoms with van der Waals surface area (Å²) in [5, 5.41) is 0.818. The number of nitrogen functional groups attached to an aromatic ring is 1. The molecule has 5 nitrogen and oxygen atoms in total. The van der Waals surface area contributed by atoms with E-state index in [1.807, 2.05) is 13.8 Å². The van der Waals surface area contributed by atoms with Crippen molar-refractivity contribution in [3.63, 3.8) is 0 Å². The Bertz CT molecular complexity index is 412. The van der Waals surface area contributed by atoms with E-state index in [2.05, 4.69) is 23.7 Å². The molecular formula is C12H22N4OS. The maximum atomic E-state index is 12.2. The van der Waals surface area contributed by atoms with Gasteiger partial charge in [0.15, 0.2) is 5.13 Å². The summed E-state index contributed by atoms with van der Waals surface area (Å²) in [6.07, 6.45) is 0. The van der Waals surface area contributed by atoms with Crippen LogP contribution >= 0.6 is 11.3 Å². The fourth-order valence-electron chi connectivity index (χ4n) is 1.50. The first-order valence-electron chi connectivity index (χ1n) is 6.20. The molecule has 0 aliphatic rings. The smallest absolute Gasteiger partial charge is 0.267 e. The minimum absolute atomic E-state index is 0.0570. The molecule has 1 amide bonds. The van der Waals surface area contributed by atoms with Gasteiger partial charge in [0, 0.05) is 26.2 Å². The van der Waals surface area contributed by atoms with E-state index in [0.717, 1.165) is 18.2 Å². The second-order valence-corrected chi connectivity index (χ2v) is 5.37. The van der Waals surface area contributed by atoms with Gasteiger partial charge in [-0.05, 0) is 27.7 Å². The highest BCUT2D eigenvalue weighted by molar-refractivity contribution is 7.18. The minimum Gasteiger partial charge on any atom is -0.382 e. The van der Waals surface area contributed by atoms with Crippen molar-refractivity contribution in [2.24, 2.45) is 0 Å². The van der Waals surface area contributed by atoms with E-state index in [4.69, 9.17) is 5.73 Å². The zero-order chi connectivity index (χ0) is 13.9. The Morgan fingerprint density at radius 2 is 1.94 bits per heavy atom. The first-order valence-corrected chi connectivity index (χ1v) is 7.02. The Kier molecular flexibility index (Phi) is 4.95. The summed E-state index contributed by atoms with van der Waals surface area (Å²) in [5.41, 5.74) is 5.85. The van der Waals surface area contributed by atoms with Crippen molar-refractivity contribution >= 4 is 28.2 Å². The van der Waals surface area contributed by atoms with Crippen LogP contribution in [0.4, 0.5) is 10.9 Å². The van der Waals surface area contributed by atoms with Gasteiger partial charge in [-0.15, -0.1) is 0 Å². The first-order chi connectivity index (χ1) is 8.42. The highest BCUT2D eigenvalue weighted by Crippen LogP contribution is 2.29. The van der Waals surface area contributed by atoms with Crippen molar-refractivity contribution in [1.82, 2.24) is 9.88 Å². The minimum atomic E-state index is -0.0570. The van der Waals surface area contributed by atoms with Crippen LogP contribution in [0.15, 0.2) is 0 Å². The van der Waals surface area contributed by atoms with Gasteiger partial charge in [0.25, 0.3) is 5.91 Å². The molecule has 0 radical (unpaired) electrons. The van der Waals surface area contributed by atoms with Crippen LogP contribution in [0.5, 0.6) is 0 Å². The van der Waals surface area contributed by atoms with Gasteiger partial charge in [0.2, 0.25) is 0 Å². The van der Waals surface area contributed by atoms with Gasteiger partial charge < -0.3 is 15.5 Å². The molecule has 0 aliphatic heterocycles. The van der Waals surface area contributed by atoms with E-state index in [-0.39, 0.29) is 11.9 Å². The Morgan fingerprint density at radius 1 is 1.39 bits per heavy atom. The zero-order valence-corrected chi connectivity index (χ0v) is 12.5. The van der Waals surface area contributed by atoms with Crippen molar-refractivity contribution in [2.75, 3.05) is 30.8 Å². The number of nitrogens with zero attached hydrogens (tertiary/aromatic N) is 3. The Morgan fingerprint density at radius 3 is 2.39 bits per heavy atom. The lowest BCUT2D eigenvalue weighted by atomic mass is 10.3. The third kappa shape index (κ3) is 2.93. The quantitative estimate of drug-likeness (QED) is 0.889.